The van der Waals surface area contributed by atoms with E-state index in [1.165, 1.54) is 31.2 Å². The van der Waals surface area contributed by atoms with Crippen molar-refractivity contribution in [1.82, 2.24) is 4.90 Å². The van der Waals surface area contributed by atoms with Gasteiger partial charge < -0.3 is 15.2 Å². The monoisotopic (exact) mass is 262 g/mol. The summed E-state index contributed by atoms with van der Waals surface area (Å²) in [4.78, 5) is 2.52. The Hall–Kier alpha value is -1.26. The molecule has 4 nitrogen and oxygen atoms in total. The third-order valence-corrected chi connectivity index (χ3v) is 4.09. The molecule has 0 bridgehead atoms. The second-order valence-electron chi connectivity index (χ2n) is 5.31. The van der Waals surface area contributed by atoms with Gasteiger partial charge in [0.05, 0.1) is 0 Å². The van der Waals surface area contributed by atoms with Crippen LogP contribution in [0.1, 0.15) is 37.3 Å². The molecule has 1 saturated heterocycles. The zero-order valence-corrected chi connectivity index (χ0v) is 11.3. The summed E-state index contributed by atoms with van der Waals surface area (Å²) in [7, 11) is 0. The SMILES string of the molecule is NCC(c1ccc2c(c1)OCO2)N1CCCCCC1. The van der Waals surface area contributed by atoms with Crippen molar-refractivity contribution in [3.63, 3.8) is 0 Å². The van der Waals surface area contributed by atoms with E-state index in [1.807, 2.05) is 6.07 Å². The van der Waals surface area contributed by atoms with Crippen LogP contribution in [0.5, 0.6) is 11.5 Å². The lowest BCUT2D eigenvalue weighted by atomic mass is 10.0. The van der Waals surface area contributed by atoms with Crippen molar-refractivity contribution in [3.05, 3.63) is 23.8 Å². The molecule has 1 aromatic rings. The summed E-state index contributed by atoms with van der Waals surface area (Å²) in [5, 5.41) is 0. The van der Waals surface area contributed by atoms with Gasteiger partial charge in [0, 0.05) is 12.6 Å². The molecule has 19 heavy (non-hydrogen) atoms. The largest absolute Gasteiger partial charge is 0.454 e. The number of rotatable bonds is 3. The van der Waals surface area contributed by atoms with Crippen molar-refractivity contribution in [2.45, 2.75) is 31.7 Å². The lowest BCUT2D eigenvalue weighted by Gasteiger charge is -2.30. The number of ether oxygens (including phenoxy) is 2. The maximum Gasteiger partial charge on any atom is 0.231 e. The highest BCUT2D eigenvalue weighted by Gasteiger charge is 2.22. The second-order valence-corrected chi connectivity index (χ2v) is 5.31. The highest BCUT2D eigenvalue weighted by molar-refractivity contribution is 5.45. The average Bonchev–Trinajstić information content (AvgIpc) is 2.74. The highest BCUT2D eigenvalue weighted by atomic mass is 16.7. The van der Waals surface area contributed by atoms with E-state index in [9.17, 15) is 0 Å². The smallest absolute Gasteiger partial charge is 0.231 e. The highest BCUT2D eigenvalue weighted by Crippen LogP contribution is 2.35. The Morgan fingerprint density at radius 2 is 1.79 bits per heavy atom. The molecule has 1 aromatic carbocycles. The number of hydrogen-bond donors (Lipinski definition) is 1. The van der Waals surface area contributed by atoms with Crippen LogP contribution in [-0.4, -0.2) is 31.3 Å². The number of likely N-dealkylation sites (tertiary alicyclic amines) is 1. The fraction of sp³-hybridized carbons (Fsp3) is 0.600. The van der Waals surface area contributed by atoms with Gasteiger partial charge in [-0.2, -0.15) is 0 Å². The van der Waals surface area contributed by atoms with Gasteiger partial charge in [0.25, 0.3) is 0 Å². The van der Waals surface area contributed by atoms with E-state index in [0.717, 1.165) is 24.6 Å². The van der Waals surface area contributed by atoms with Crippen molar-refractivity contribution >= 4 is 0 Å². The zero-order chi connectivity index (χ0) is 13.1. The molecule has 104 valence electrons. The molecule has 0 radical (unpaired) electrons. The van der Waals surface area contributed by atoms with Gasteiger partial charge in [-0.15, -0.1) is 0 Å². The summed E-state index contributed by atoms with van der Waals surface area (Å²) in [6, 6.07) is 6.51. The van der Waals surface area contributed by atoms with Crippen molar-refractivity contribution in [2.24, 2.45) is 5.73 Å². The molecule has 2 aliphatic heterocycles. The van der Waals surface area contributed by atoms with Crippen LogP contribution in [0.2, 0.25) is 0 Å². The molecule has 0 saturated carbocycles. The lowest BCUT2D eigenvalue weighted by molar-refractivity contribution is 0.173. The first-order chi connectivity index (χ1) is 9.38. The van der Waals surface area contributed by atoms with Crippen molar-refractivity contribution < 1.29 is 9.47 Å². The Morgan fingerprint density at radius 1 is 1.05 bits per heavy atom. The van der Waals surface area contributed by atoms with Gasteiger partial charge in [0.1, 0.15) is 0 Å². The van der Waals surface area contributed by atoms with Gasteiger partial charge in [0.2, 0.25) is 6.79 Å². The molecule has 2 heterocycles. The molecule has 2 N–H and O–H groups in total. The minimum absolute atomic E-state index is 0.299. The van der Waals surface area contributed by atoms with Crippen LogP contribution in [0.4, 0.5) is 0 Å². The summed E-state index contributed by atoms with van der Waals surface area (Å²) in [5.41, 5.74) is 7.26. The second kappa shape index (κ2) is 5.80. The Labute approximate surface area is 114 Å². The molecule has 0 amide bonds. The normalized spacial score (nSPS) is 21.1. The molecule has 4 heteroatoms. The van der Waals surface area contributed by atoms with Crippen molar-refractivity contribution in [1.29, 1.82) is 0 Å². The van der Waals surface area contributed by atoms with E-state index in [2.05, 4.69) is 17.0 Å². The summed E-state index contributed by atoms with van der Waals surface area (Å²) < 4.78 is 10.8. The van der Waals surface area contributed by atoms with E-state index < -0.39 is 0 Å². The van der Waals surface area contributed by atoms with Crippen LogP contribution in [0, 0.1) is 0 Å². The van der Waals surface area contributed by atoms with Crippen molar-refractivity contribution in [3.8, 4) is 11.5 Å². The average molecular weight is 262 g/mol. The summed E-state index contributed by atoms with van der Waals surface area (Å²) >= 11 is 0. The first kappa shape index (κ1) is 12.8. The first-order valence-corrected chi connectivity index (χ1v) is 7.22. The van der Waals surface area contributed by atoms with Crippen LogP contribution in [-0.2, 0) is 0 Å². The number of nitrogens with zero attached hydrogens (tertiary/aromatic N) is 1. The molecular weight excluding hydrogens is 240 g/mol. The van der Waals surface area contributed by atoms with Gasteiger partial charge in [-0.1, -0.05) is 18.9 Å². The van der Waals surface area contributed by atoms with Gasteiger partial charge in [-0.05, 0) is 43.6 Å². The van der Waals surface area contributed by atoms with Crippen LogP contribution in [0.25, 0.3) is 0 Å². The lowest BCUT2D eigenvalue weighted by Crippen LogP contribution is -2.34. The van der Waals surface area contributed by atoms with E-state index in [4.69, 9.17) is 15.2 Å². The predicted octanol–water partition coefficient (Wildman–Crippen LogP) is 2.29. The quantitative estimate of drug-likeness (QED) is 0.908. The number of fused-ring (bicyclic) bond motifs is 1. The zero-order valence-electron chi connectivity index (χ0n) is 11.3. The van der Waals surface area contributed by atoms with Gasteiger partial charge in [-0.25, -0.2) is 0 Å². The summed E-state index contributed by atoms with van der Waals surface area (Å²) in [5.74, 6) is 1.70. The Balaban J connectivity index is 1.80. The standard InChI is InChI=1S/C15H22N2O2/c16-10-13(17-7-3-1-2-4-8-17)12-5-6-14-15(9-12)19-11-18-14/h5-6,9,13H,1-4,7-8,10-11,16H2. The maximum atomic E-state index is 6.02. The Morgan fingerprint density at radius 3 is 2.53 bits per heavy atom. The van der Waals surface area contributed by atoms with E-state index in [1.54, 1.807) is 0 Å². The molecule has 0 spiro atoms. The van der Waals surface area contributed by atoms with Gasteiger partial charge in [-0.3, -0.25) is 4.90 Å². The van der Waals surface area contributed by atoms with E-state index in [0.29, 0.717) is 19.4 Å². The molecular formula is C15H22N2O2. The molecule has 3 rings (SSSR count). The Kier molecular flexibility index (Phi) is 3.89. The van der Waals surface area contributed by atoms with Gasteiger partial charge >= 0.3 is 0 Å². The third kappa shape index (κ3) is 2.69. The Bertz CT molecular complexity index is 428. The van der Waals surface area contributed by atoms with Gasteiger partial charge in [0.15, 0.2) is 11.5 Å². The third-order valence-electron chi connectivity index (χ3n) is 4.09. The summed E-state index contributed by atoms with van der Waals surface area (Å²) in [6.45, 7) is 3.28. The van der Waals surface area contributed by atoms with Crippen LogP contribution < -0.4 is 15.2 Å². The molecule has 0 aromatic heterocycles. The van der Waals surface area contributed by atoms with Crippen LogP contribution in [0.15, 0.2) is 18.2 Å². The summed E-state index contributed by atoms with van der Waals surface area (Å²) in [6.07, 6.45) is 5.24. The fourth-order valence-corrected chi connectivity index (χ4v) is 3.02. The first-order valence-electron chi connectivity index (χ1n) is 7.22. The molecule has 1 fully saturated rings. The van der Waals surface area contributed by atoms with Crippen LogP contribution in [0.3, 0.4) is 0 Å². The minimum atomic E-state index is 0.299. The molecule has 1 atom stereocenters. The predicted molar refractivity (Wildman–Crippen MR) is 74.4 cm³/mol. The maximum absolute atomic E-state index is 6.02. The topological polar surface area (TPSA) is 47.7 Å². The molecule has 1 unspecified atom stereocenters. The fourth-order valence-electron chi connectivity index (χ4n) is 3.02. The molecule has 2 aliphatic rings. The van der Waals surface area contributed by atoms with E-state index in [-0.39, 0.29) is 0 Å². The van der Waals surface area contributed by atoms with Crippen LogP contribution >= 0.6 is 0 Å². The number of hydrogen-bond acceptors (Lipinski definition) is 4. The van der Waals surface area contributed by atoms with E-state index >= 15 is 0 Å². The number of benzene rings is 1. The number of nitrogens with two attached hydrogens (primary N) is 1. The van der Waals surface area contributed by atoms with Crippen molar-refractivity contribution in [2.75, 3.05) is 26.4 Å². The minimum Gasteiger partial charge on any atom is -0.454 e. The molecule has 0 aliphatic carbocycles.